The molecule has 1 aromatic heterocycles. The normalized spacial score (nSPS) is 16.4. The molecule has 2 heterocycles. The zero-order valence-electron chi connectivity index (χ0n) is 16.2. The third kappa shape index (κ3) is 6.17. The minimum Gasteiger partial charge on any atom is -0.377 e. The molecule has 1 aliphatic heterocycles. The van der Waals surface area contributed by atoms with E-state index in [1.54, 1.807) is 7.11 Å². The highest BCUT2D eigenvalue weighted by Crippen LogP contribution is 2.13. The smallest absolute Gasteiger partial charge is 0.191 e. The van der Waals surface area contributed by atoms with Gasteiger partial charge in [-0.2, -0.15) is 5.10 Å². The van der Waals surface area contributed by atoms with E-state index in [4.69, 9.17) is 4.74 Å². The largest absolute Gasteiger partial charge is 0.377 e. The Labute approximate surface area is 178 Å². The number of guanidine groups is 1. The van der Waals surface area contributed by atoms with Crippen LogP contribution in [0.3, 0.4) is 0 Å². The standard InChI is InChI=1S/C19H28N6O.HI/c1-14-4-6-15(7-5-14)10-11-21-19(20-2)22-16-8-9-18-23-17(13-26-3)24-25(18)12-16;/h4-7,16H,8-13H2,1-3H3,(H2,20,21,22);1H. The average molecular weight is 484 g/mol. The molecule has 27 heavy (non-hydrogen) atoms. The summed E-state index contributed by atoms with van der Waals surface area (Å²) in [6.07, 6.45) is 2.90. The molecule has 1 aromatic carbocycles. The summed E-state index contributed by atoms with van der Waals surface area (Å²) in [7, 11) is 3.47. The Morgan fingerprint density at radius 1 is 1.33 bits per heavy atom. The van der Waals surface area contributed by atoms with Crippen molar-refractivity contribution in [3.63, 3.8) is 0 Å². The molecule has 0 fully saturated rings. The number of ether oxygens (including phenoxy) is 1. The summed E-state index contributed by atoms with van der Waals surface area (Å²) in [4.78, 5) is 8.86. The summed E-state index contributed by atoms with van der Waals surface area (Å²) >= 11 is 0. The van der Waals surface area contributed by atoms with E-state index in [1.165, 1.54) is 11.1 Å². The van der Waals surface area contributed by atoms with Crippen LogP contribution in [0.2, 0.25) is 0 Å². The van der Waals surface area contributed by atoms with Crippen molar-refractivity contribution in [2.45, 2.75) is 45.4 Å². The Bertz CT molecular complexity index is 743. The van der Waals surface area contributed by atoms with Gasteiger partial charge in [-0.15, -0.1) is 24.0 Å². The predicted molar refractivity (Wildman–Crippen MR) is 118 cm³/mol. The van der Waals surface area contributed by atoms with Crippen molar-refractivity contribution in [2.24, 2.45) is 4.99 Å². The number of methoxy groups -OCH3 is 1. The number of fused-ring (bicyclic) bond motifs is 1. The molecule has 2 N–H and O–H groups in total. The Balaban J connectivity index is 0.00000261. The van der Waals surface area contributed by atoms with Crippen LogP contribution in [0.1, 0.15) is 29.2 Å². The second kappa shape index (κ2) is 10.6. The summed E-state index contributed by atoms with van der Waals surface area (Å²) in [6, 6.07) is 8.96. The molecular formula is C19H29IN6O. The average Bonchev–Trinajstić information content (AvgIpc) is 3.04. The fourth-order valence-corrected chi connectivity index (χ4v) is 3.14. The van der Waals surface area contributed by atoms with Crippen molar-refractivity contribution in [2.75, 3.05) is 20.7 Å². The molecule has 0 spiro atoms. The van der Waals surface area contributed by atoms with Crippen molar-refractivity contribution in [3.8, 4) is 0 Å². The van der Waals surface area contributed by atoms with Gasteiger partial charge in [0.25, 0.3) is 0 Å². The summed E-state index contributed by atoms with van der Waals surface area (Å²) in [5.41, 5.74) is 2.62. The lowest BCUT2D eigenvalue weighted by Gasteiger charge is -2.25. The summed E-state index contributed by atoms with van der Waals surface area (Å²) in [5, 5.41) is 11.4. The van der Waals surface area contributed by atoms with Gasteiger partial charge in [-0.05, 0) is 25.3 Å². The molecule has 8 heteroatoms. The molecule has 0 radical (unpaired) electrons. The number of aryl methyl sites for hydroxylation is 2. The van der Waals surface area contributed by atoms with E-state index in [2.05, 4.69) is 56.9 Å². The fraction of sp³-hybridized carbons (Fsp3) is 0.526. The maximum absolute atomic E-state index is 5.12. The van der Waals surface area contributed by atoms with Crippen molar-refractivity contribution >= 4 is 29.9 Å². The van der Waals surface area contributed by atoms with Gasteiger partial charge in [0.15, 0.2) is 11.8 Å². The highest BCUT2D eigenvalue weighted by atomic mass is 127. The van der Waals surface area contributed by atoms with Gasteiger partial charge < -0.3 is 15.4 Å². The number of aliphatic imine (C=N–C) groups is 1. The van der Waals surface area contributed by atoms with E-state index < -0.39 is 0 Å². The minimum atomic E-state index is 0. The molecule has 1 atom stereocenters. The number of hydrogen-bond donors (Lipinski definition) is 2. The zero-order chi connectivity index (χ0) is 18.4. The number of nitrogens with one attached hydrogen (secondary N) is 2. The van der Waals surface area contributed by atoms with Crippen LogP contribution < -0.4 is 10.6 Å². The number of nitrogens with zero attached hydrogens (tertiary/aromatic N) is 4. The minimum absolute atomic E-state index is 0. The molecule has 2 aromatic rings. The van der Waals surface area contributed by atoms with E-state index in [-0.39, 0.29) is 24.0 Å². The molecule has 148 valence electrons. The molecule has 7 nitrogen and oxygen atoms in total. The van der Waals surface area contributed by atoms with Gasteiger partial charge in [0, 0.05) is 33.2 Å². The third-order valence-corrected chi connectivity index (χ3v) is 4.57. The van der Waals surface area contributed by atoms with Gasteiger partial charge in [-0.1, -0.05) is 29.8 Å². The van der Waals surface area contributed by atoms with Gasteiger partial charge in [0.1, 0.15) is 12.4 Å². The SMILES string of the molecule is CN=C(NCCc1ccc(C)cc1)NC1CCc2nc(COC)nn2C1.I. The third-order valence-electron chi connectivity index (χ3n) is 4.57. The number of benzene rings is 1. The van der Waals surface area contributed by atoms with E-state index in [0.29, 0.717) is 12.6 Å². The first kappa shape index (κ1) is 21.6. The van der Waals surface area contributed by atoms with Crippen LogP contribution >= 0.6 is 24.0 Å². The fourth-order valence-electron chi connectivity index (χ4n) is 3.14. The summed E-state index contributed by atoms with van der Waals surface area (Å²) < 4.78 is 7.10. The van der Waals surface area contributed by atoms with Crippen LogP contribution in [0.4, 0.5) is 0 Å². The second-order valence-corrected chi connectivity index (χ2v) is 6.67. The van der Waals surface area contributed by atoms with Crippen LogP contribution in [0.25, 0.3) is 0 Å². The van der Waals surface area contributed by atoms with Gasteiger partial charge in [0.05, 0.1) is 6.54 Å². The van der Waals surface area contributed by atoms with Crippen molar-refractivity contribution < 1.29 is 4.74 Å². The highest BCUT2D eigenvalue weighted by Gasteiger charge is 2.22. The van der Waals surface area contributed by atoms with Crippen molar-refractivity contribution in [1.82, 2.24) is 25.4 Å². The number of hydrogen-bond acceptors (Lipinski definition) is 4. The van der Waals surface area contributed by atoms with Gasteiger partial charge in [-0.3, -0.25) is 4.99 Å². The van der Waals surface area contributed by atoms with Crippen LogP contribution in [-0.4, -0.2) is 47.5 Å². The van der Waals surface area contributed by atoms with E-state index >= 15 is 0 Å². The quantitative estimate of drug-likeness (QED) is 0.373. The highest BCUT2D eigenvalue weighted by molar-refractivity contribution is 14.0. The molecule has 0 amide bonds. The maximum atomic E-state index is 5.12. The molecule has 0 saturated carbocycles. The van der Waals surface area contributed by atoms with E-state index in [9.17, 15) is 0 Å². The molecule has 1 unspecified atom stereocenters. The lowest BCUT2D eigenvalue weighted by Crippen LogP contribution is -2.47. The Hall–Kier alpha value is -1.68. The van der Waals surface area contributed by atoms with Crippen LogP contribution in [0, 0.1) is 6.92 Å². The molecule has 3 rings (SSSR count). The van der Waals surface area contributed by atoms with Crippen LogP contribution in [-0.2, 0) is 30.7 Å². The molecule has 0 aliphatic carbocycles. The number of rotatable bonds is 6. The number of aromatic nitrogens is 3. The Kier molecular flexibility index (Phi) is 8.49. The van der Waals surface area contributed by atoms with Crippen LogP contribution in [0.15, 0.2) is 29.3 Å². The van der Waals surface area contributed by atoms with Gasteiger partial charge in [-0.25, -0.2) is 9.67 Å². The first-order chi connectivity index (χ1) is 12.7. The second-order valence-electron chi connectivity index (χ2n) is 6.67. The lowest BCUT2D eigenvalue weighted by molar-refractivity contribution is 0.177. The van der Waals surface area contributed by atoms with Crippen molar-refractivity contribution in [3.05, 3.63) is 47.0 Å². The molecule has 1 aliphatic rings. The monoisotopic (exact) mass is 484 g/mol. The summed E-state index contributed by atoms with van der Waals surface area (Å²) in [6.45, 7) is 4.21. The Morgan fingerprint density at radius 2 is 2.11 bits per heavy atom. The van der Waals surface area contributed by atoms with E-state index in [1.807, 2.05) is 11.7 Å². The Morgan fingerprint density at radius 3 is 2.81 bits per heavy atom. The topological polar surface area (TPSA) is 76.4 Å². The van der Waals surface area contributed by atoms with Gasteiger partial charge >= 0.3 is 0 Å². The molecule has 0 saturated heterocycles. The number of halogens is 1. The first-order valence-corrected chi connectivity index (χ1v) is 9.12. The summed E-state index contributed by atoms with van der Waals surface area (Å²) in [5.74, 6) is 2.63. The van der Waals surface area contributed by atoms with Gasteiger partial charge in [0.2, 0.25) is 0 Å². The zero-order valence-corrected chi connectivity index (χ0v) is 18.6. The predicted octanol–water partition coefficient (Wildman–Crippen LogP) is 2.07. The molecular weight excluding hydrogens is 455 g/mol. The maximum Gasteiger partial charge on any atom is 0.191 e. The molecule has 0 bridgehead atoms. The van der Waals surface area contributed by atoms with Crippen LogP contribution in [0.5, 0.6) is 0 Å². The van der Waals surface area contributed by atoms with E-state index in [0.717, 1.165) is 50.0 Å². The lowest BCUT2D eigenvalue weighted by atomic mass is 10.1. The van der Waals surface area contributed by atoms with Crippen molar-refractivity contribution in [1.29, 1.82) is 0 Å². The first-order valence-electron chi connectivity index (χ1n) is 9.12.